The number of anilines is 2. The first kappa shape index (κ1) is 52.0. The number of β-amino-alcohol motifs (C(OH)–C–C–N with tert-alkyl or cyclic N) is 1. The van der Waals surface area contributed by atoms with Crippen molar-refractivity contribution in [3.8, 4) is 22.9 Å². The van der Waals surface area contributed by atoms with Gasteiger partial charge in [-0.1, -0.05) is 45.0 Å². The number of alkyl halides is 3. The van der Waals surface area contributed by atoms with E-state index < -0.39 is 70.1 Å². The van der Waals surface area contributed by atoms with Gasteiger partial charge in [-0.25, -0.2) is 0 Å². The van der Waals surface area contributed by atoms with Crippen molar-refractivity contribution in [1.29, 1.82) is 5.26 Å². The lowest BCUT2D eigenvalue weighted by molar-refractivity contribution is -0.144. The number of carbonyl (C=O) groups excluding carboxylic acids is 4. The first-order valence-corrected chi connectivity index (χ1v) is 22.9. The van der Waals surface area contributed by atoms with E-state index in [-0.39, 0.29) is 43.5 Å². The lowest BCUT2D eigenvalue weighted by atomic mass is 9.85. The maximum absolute atomic E-state index is 13.9. The highest BCUT2D eigenvalue weighted by Gasteiger charge is 2.51. The molecule has 20 heteroatoms. The molecule has 0 unspecified atom stereocenters. The number of carbonyl (C=O) groups is 4. The number of nitriles is 1. The summed E-state index contributed by atoms with van der Waals surface area (Å²) < 4.78 is 58.3. The highest BCUT2D eigenvalue weighted by atomic mass is 32.1. The van der Waals surface area contributed by atoms with Crippen LogP contribution in [0.1, 0.15) is 77.0 Å². The number of H-pyrrole nitrogens is 1. The zero-order valence-corrected chi connectivity index (χ0v) is 39.9. The first-order chi connectivity index (χ1) is 32.7. The van der Waals surface area contributed by atoms with Crippen LogP contribution in [-0.4, -0.2) is 112 Å². The zero-order valence-electron chi connectivity index (χ0n) is 39.1. The molecule has 4 amide bonds. The number of halogens is 3. The van der Waals surface area contributed by atoms with Gasteiger partial charge in [0.2, 0.25) is 17.7 Å². The molecule has 4 aromatic rings. The van der Waals surface area contributed by atoms with Gasteiger partial charge in [-0.15, -0.1) is 0 Å². The molecule has 1 aromatic heterocycles. The van der Waals surface area contributed by atoms with Crippen molar-refractivity contribution in [1.82, 2.24) is 25.7 Å². The number of likely N-dealkylation sites (tertiary alicyclic amines) is 1. The number of nitrogens with one attached hydrogen (secondary N) is 3. The molecule has 69 heavy (non-hydrogen) atoms. The highest BCUT2D eigenvalue weighted by Crippen LogP contribution is 2.40. The van der Waals surface area contributed by atoms with Crippen molar-refractivity contribution in [3.63, 3.8) is 0 Å². The molecule has 0 aliphatic carbocycles. The summed E-state index contributed by atoms with van der Waals surface area (Å²) in [6.07, 6.45) is -0.195. The molecule has 0 saturated carbocycles. The largest absolute Gasteiger partial charge is 0.494 e. The molecule has 6 rings (SSSR count). The van der Waals surface area contributed by atoms with E-state index in [2.05, 4.69) is 20.8 Å². The second-order valence-corrected chi connectivity index (χ2v) is 18.8. The monoisotopic (exact) mass is 974 g/mol. The average molecular weight is 975 g/mol. The van der Waals surface area contributed by atoms with E-state index in [1.54, 1.807) is 61.5 Å². The number of aliphatic hydroxyl groups is 1. The normalized spacial score (nSPS) is 17.5. The Morgan fingerprint density at radius 2 is 1.62 bits per heavy atom. The van der Waals surface area contributed by atoms with Gasteiger partial charge >= 0.3 is 6.18 Å². The Kier molecular flexibility index (Phi) is 16.8. The molecule has 2 saturated heterocycles. The van der Waals surface area contributed by atoms with E-state index in [4.69, 9.17) is 26.4 Å². The number of benzene rings is 3. The Morgan fingerprint density at radius 3 is 2.28 bits per heavy atom. The Hall–Kier alpha value is -6.40. The van der Waals surface area contributed by atoms with Crippen molar-refractivity contribution in [3.05, 3.63) is 95.8 Å². The van der Waals surface area contributed by atoms with Gasteiger partial charge in [0.1, 0.15) is 30.0 Å². The van der Waals surface area contributed by atoms with Gasteiger partial charge in [-0.2, -0.15) is 23.5 Å². The fraction of sp³-hybridized carbons (Fsp3) is 0.449. The average Bonchev–Trinajstić information content (AvgIpc) is 4.03. The SMILES string of the molecule is CC(C)(C)[C@H](NC(=O)COCCCOCCCCOc1ccc(N2C(=S)N(c3ccc(C#N)c(C(F)(F)F)c3)C(=O)C2(C)C)cc1)C(=O)N1C[C@H](O)C[C@H]1C(=O)NCc1ccc(-c2cn[nH]c2)cc1. The van der Waals surface area contributed by atoms with E-state index in [0.29, 0.717) is 50.5 Å². The van der Waals surface area contributed by atoms with Gasteiger partial charge in [0.25, 0.3) is 5.91 Å². The van der Waals surface area contributed by atoms with Crippen molar-refractivity contribution < 1.29 is 51.7 Å². The second-order valence-electron chi connectivity index (χ2n) is 18.4. The second kappa shape index (κ2) is 22.4. The predicted octanol–water partition coefficient (Wildman–Crippen LogP) is 6.28. The first-order valence-electron chi connectivity index (χ1n) is 22.5. The molecule has 16 nitrogen and oxygen atoms in total. The van der Waals surface area contributed by atoms with Crippen LogP contribution in [0.2, 0.25) is 0 Å². The van der Waals surface area contributed by atoms with Crippen LogP contribution in [0.5, 0.6) is 5.75 Å². The Balaban J connectivity index is 0.865. The summed E-state index contributed by atoms with van der Waals surface area (Å²) in [6, 6.07) is 17.2. The minimum absolute atomic E-state index is 0.00748. The summed E-state index contributed by atoms with van der Waals surface area (Å²) >= 11 is 5.62. The fourth-order valence-corrected chi connectivity index (χ4v) is 8.55. The molecule has 2 aliphatic rings. The Labute approximate surface area is 404 Å². The van der Waals surface area contributed by atoms with Gasteiger partial charge in [-0.3, -0.25) is 29.2 Å². The number of rotatable bonds is 20. The topological polar surface area (TPSA) is 202 Å². The van der Waals surface area contributed by atoms with Crippen LogP contribution in [-0.2, 0) is 41.4 Å². The predicted molar refractivity (Wildman–Crippen MR) is 254 cm³/mol. The number of aromatic nitrogens is 2. The van der Waals surface area contributed by atoms with Crippen molar-refractivity contribution >= 4 is 52.3 Å². The molecule has 3 atom stereocenters. The molecular formula is C49H57F3N8O8S. The van der Waals surface area contributed by atoms with E-state index in [1.165, 1.54) is 11.0 Å². The summed E-state index contributed by atoms with van der Waals surface area (Å²) in [6.45, 7) is 10.1. The minimum atomic E-state index is -4.80. The zero-order chi connectivity index (χ0) is 50.1. The van der Waals surface area contributed by atoms with Crippen LogP contribution >= 0.6 is 12.2 Å². The van der Waals surface area contributed by atoms with Crippen molar-refractivity contribution in [2.24, 2.45) is 5.41 Å². The van der Waals surface area contributed by atoms with E-state index >= 15 is 0 Å². The third-order valence-corrected chi connectivity index (χ3v) is 12.1. The molecule has 2 fully saturated rings. The number of unbranched alkanes of at least 4 members (excludes halogenated alkanes) is 1. The number of thiocarbonyl (C=S) groups is 1. The lowest BCUT2D eigenvalue weighted by Crippen LogP contribution is -2.58. The third kappa shape index (κ3) is 12.8. The van der Waals surface area contributed by atoms with Crippen LogP contribution in [0.3, 0.4) is 0 Å². The number of nitrogens with zero attached hydrogens (tertiary/aromatic N) is 5. The molecule has 3 heterocycles. The summed E-state index contributed by atoms with van der Waals surface area (Å²) in [4.78, 5) is 57.7. The van der Waals surface area contributed by atoms with Crippen molar-refractivity contribution in [2.75, 3.05) is 49.4 Å². The van der Waals surface area contributed by atoms with Crippen LogP contribution in [0.15, 0.2) is 79.1 Å². The number of aromatic amines is 1. The Bertz CT molecular complexity index is 2490. The molecule has 0 spiro atoms. The molecule has 0 radical (unpaired) electrons. The van der Waals surface area contributed by atoms with Crippen molar-refractivity contribution in [2.45, 2.75) is 96.7 Å². The number of ether oxygens (including phenoxy) is 3. The fourth-order valence-electron chi connectivity index (χ4n) is 8.03. The quantitative estimate of drug-likeness (QED) is 0.0572. The minimum Gasteiger partial charge on any atom is -0.494 e. The third-order valence-electron chi connectivity index (χ3n) is 11.7. The van der Waals surface area contributed by atoms with E-state index in [0.717, 1.165) is 33.7 Å². The van der Waals surface area contributed by atoms with Gasteiger partial charge < -0.3 is 39.8 Å². The number of amides is 4. The summed E-state index contributed by atoms with van der Waals surface area (Å²) in [7, 11) is 0. The molecule has 2 aliphatic heterocycles. The molecule has 3 aromatic carbocycles. The Morgan fingerprint density at radius 1 is 0.957 bits per heavy atom. The summed E-state index contributed by atoms with van der Waals surface area (Å²) in [5, 5.41) is 32.1. The number of aliphatic hydroxyl groups excluding tert-OH is 1. The molecule has 0 bridgehead atoms. The molecule has 4 N–H and O–H groups in total. The van der Waals surface area contributed by atoms with E-state index in [9.17, 15) is 42.7 Å². The lowest BCUT2D eigenvalue weighted by Gasteiger charge is -2.35. The smallest absolute Gasteiger partial charge is 0.417 e. The standard InChI is InChI=1S/C49H57F3N8O8S/c1-47(2,3)42(44(64)58-29-37(61)24-40(58)43(63)54-26-31-9-11-32(12-10-31)34-27-55-56-28-34)57-41(62)30-67-21-8-20-66-19-6-7-22-68-38-17-15-35(16-18-38)60-46(69)59(45(65)48(60,4)5)36-14-13-33(25-53)39(23-36)49(50,51)52/h9-18,23,27-28,37,40,42,61H,6-8,19-22,24,26,29-30H2,1-5H3,(H,54,63)(H,55,56)(H,57,62)/t37-,40+,42-/m1/s1. The van der Waals surface area contributed by atoms with Crippen LogP contribution in [0.4, 0.5) is 24.5 Å². The maximum Gasteiger partial charge on any atom is 0.417 e. The maximum atomic E-state index is 13.9. The van der Waals surface area contributed by atoms with Gasteiger partial charge in [0.05, 0.1) is 41.8 Å². The molecular weight excluding hydrogens is 918 g/mol. The molecule has 368 valence electrons. The highest BCUT2D eigenvalue weighted by molar-refractivity contribution is 7.81. The van der Waals surface area contributed by atoms with Gasteiger partial charge in [0.15, 0.2) is 5.11 Å². The number of hydrogen-bond acceptors (Lipinski definition) is 11. The van der Waals surface area contributed by atoms with Gasteiger partial charge in [0, 0.05) is 56.8 Å². The van der Waals surface area contributed by atoms with Crippen LogP contribution in [0.25, 0.3) is 11.1 Å². The van der Waals surface area contributed by atoms with Crippen LogP contribution in [0, 0.1) is 16.7 Å². The van der Waals surface area contributed by atoms with E-state index in [1.807, 2.05) is 45.0 Å². The summed E-state index contributed by atoms with van der Waals surface area (Å²) in [5.41, 5.74) is -0.445. The summed E-state index contributed by atoms with van der Waals surface area (Å²) in [5.74, 6) is -1.31. The van der Waals surface area contributed by atoms with Gasteiger partial charge in [-0.05, 0) is 104 Å². The number of hydrogen-bond donors (Lipinski definition) is 4. The van der Waals surface area contributed by atoms with Crippen LogP contribution < -0.4 is 25.2 Å².